The van der Waals surface area contributed by atoms with Crippen molar-refractivity contribution < 1.29 is 23.0 Å². The summed E-state index contributed by atoms with van der Waals surface area (Å²) in [7, 11) is -2.78. The molecule has 15 heavy (non-hydrogen) atoms. The highest BCUT2D eigenvalue weighted by molar-refractivity contribution is 7.79. The molecule has 0 aliphatic carbocycles. The molecule has 0 radical (unpaired) electrons. The molecular weight excluding hydrogens is 226 g/mol. The van der Waals surface area contributed by atoms with Crippen molar-refractivity contribution in [3.05, 3.63) is 11.4 Å². The molecule has 8 nitrogen and oxygen atoms in total. The minimum absolute atomic E-state index is 0. The SMILES string of the molecule is Cc1nn(C)c(C)c1N.O.O=S(=O)(O)O. The Bertz CT molecular complexity index is 380. The highest BCUT2D eigenvalue weighted by Crippen LogP contribution is 2.12. The molecule has 1 aromatic rings. The topological polar surface area (TPSA) is 150 Å². The van der Waals surface area contributed by atoms with Crippen LogP contribution < -0.4 is 5.73 Å². The first kappa shape index (κ1) is 16.3. The van der Waals surface area contributed by atoms with Crippen LogP contribution in [0.2, 0.25) is 0 Å². The summed E-state index contributed by atoms with van der Waals surface area (Å²) >= 11 is 0. The molecule has 0 saturated carbocycles. The maximum absolute atomic E-state index is 8.74. The van der Waals surface area contributed by atoms with Crippen LogP contribution in [0.1, 0.15) is 11.4 Å². The summed E-state index contributed by atoms with van der Waals surface area (Å²) in [6.45, 7) is 3.86. The van der Waals surface area contributed by atoms with Crippen molar-refractivity contribution in [1.29, 1.82) is 0 Å². The van der Waals surface area contributed by atoms with Gasteiger partial charge < -0.3 is 11.2 Å². The van der Waals surface area contributed by atoms with Crippen LogP contribution in [-0.4, -0.2) is 32.8 Å². The predicted octanol–water partition coefficient (Wildman–Crippen LogP) is -0.858. The minimum atomic E-state index is -4.67. The van der Waals surface area contributed by atoms with Crippen molar-refractivity contribution in [2.24, 2.45) is 7.05 Å². The molecule has 0 atom stereocenters. The molecule has 0 saturated heterocycles. The number of nitrogen functional groups attached to an aromatic ring is 1. The zero-order valence-corrected chi connectivity index (χ0v) is 9.41. The number of hydrogen-bond acceptors (Lipinski definition) is 4. The number of aryl methyl sites for hydroxylation is 2. The molecule has 0 aliphatic heterocycles. The Morgan fingerprint density at radius 3 is 1.73 bits per heavy atom. The van der Waals surface area contributed by atoms with E-state index in [4.69, 9.17) is 23.3 Å². The van der Waals surface area contributed by atoms with Crippen molar-refractivity contribution in [1.82, 2.24) is 9.78 Å². The van der Waals surface area contributed by atoms with Crippen LogP contribution in [0.4, 0.5) is 5.69 Å². The van der Waals surface area contributed by atoms with E-state index in [1.165, 1.54) is 0 Å². The van der Waals surface area contributed by atoms with E-state index in [0.717, 1.165) is 17.1 Å². The fourth-order valence-electron chi connectivity index (χ4n) is 0.790. The minimum Gasteiger partial charge on any atom is -0.412 e. The lowest BCUT2D eigenvalue weighted by Crippen LogP contribution is -1.93. The quantitative estimate of drug-likeness (QED) is 0.503. The van der Waals surface area contributed by atoms with Crippen molar-refractivity contribution in [2.45, 2.75) is 13.8 Å². The van der Waals surface area contributed by atoms with Crippen LogP contribution in [0, 0.1) is 13.8 Å². The number of nitrogens with two attached hydrogens (primary N) is 1. The van der Waals surface area contributed by atoms with Crippen LogP contribution >= 0.6 is 0 Å². The van der Waals surface area contributed by atoms with Crippen molar-refractivity contribution in [3.63, 3.8) is 0 Å². The summed E-state index contributed by atoms with van der Waals surface area (Å²) < 4.78 is 33.4. The van der Waals surface area contributed by atoms with Crippen LogP contribution in [0.15, 0.2) is 0 Å². The molecule has 0 bridgehead atoms. The van der Waals surface area contributed by atoms with Gasteiger partial charge in [0.05, 0.1) is 17.1 Å². The average Bonchev–Trinajstić information content (AvgIpc) is 2.14. The lowest BCUT2D eigenvalue weighted by molar-refractivity contribution is 0.381. The maximum atomic E-state index is 8.74. The Balaban J connectivity index is 0. The molecule has 0 amide bonds. The second-order valence-electron chi connectivity index (χ2n) is 2.66. The highest BCUT2D eigenvalue weighted by atomic mass is 32.3. The molecule has 90 valence electrons. The van der Waals surface area contributed by atoms with Gasteiger partial charge in [-0.25, -0.2) is 0 Å². The fourth-order valence-corrected chi connectivity index (χ4v) is 0.790. The molecule has 9 heteroatoms. The van der Waals surface area contributed by atoms with Gasteiger partial charge in [0, 0.05) is 7.05 Å². The van der Waals surface area contributed by atoms with Crippen LogP contribution in [0.5, 0.6) is 0 Å². The molecule has 0 aliphatic rings. The first-order valence-corrected chi connectivity index (χ1v) is 4.98. The van der Waals surface area contributed by atoms with Gasteiger partial charge in [0.15, 0.2) is 0 Å². The lowest BCUT2D eigenvalue weighted by atomic mass is 10.3. The molecule has 0 unspecified atom stereocenters. The molecule has 0 aromatic carbocycles. The summed E-state index contributed by atoms with van der Waals surface area (Å²) in [5, 5.41) is 4.10. The Hall–Kier alpha value is -1.16. The lowest BCUT2D eigenvalue weighted by Gasteiger charge is -1.90. The summed E-state index contributed by atoms with van der Waals surface area (Å²) in [5.74, 6) is 0. The fraction of sp³-hybridized carbons (Fsp3) is 0.500. The number of anilines is 1. The van der Waals surface area contributed by atoms with Gasteiger partial charge in [-0.1, -0.05) is 0 Å². The first-order valence-electron chi connectivity index (χ1n) is 3.58. The van der Waals surface area contributed by atoms with E-state index in [0.29, 0.717) is 0 Å². The second-order valence-corrected chi connectivity index (χ2v) is 3.55. The first-order chi connectivity index (χ1) is 6.13. The van der Waals surface area contributed by atoms with Gasteiger partial charge in [-0.05, 0) is 13.8 Å². The Kier molecular flexibility index (Phi) is 6.14. The zero-order chi connectivity index (χ0) is 11.5. The average molecular weight is 241 g/mol. The van der Waals surface area contributed by atoms with Crippen molar-refractivity contribution in [2.75, 3.05) is 5.73 Å². The van der Waals surface area contributed by atoms with Gasteiger partial charge in [-0.2, -0.15) is 13.5 Å². The number of rotatable bonds is 0. The third-order valence-corrected chi connectivity index (χ3v) is 1.56. The number of nitrogens with zero attached hydrogens (tertiary/aromatic N) is 2. The third kappa shape index (κ3) is 6.85. The Labute approximate surface area is 87.6 Å². The van der Waals surface area contributed by atoms with Gasteiger partial charge in [0.25, 0.3) is 0 Å². The van der Waals surface area contributed by atoms with E-state index in [9.17, 15) is 0 Å². The molecule has 0 fully saturated rings. The number of hydrogen-bond donors (Lipinski definition) is 3. The van der Waals surface area contributed by atoms with Gasteiger partial charge in [0.1, 0.15) is 0 Å². The smallest absolute Gasteiger partial charge is 0.394 e. The van der Waals surface area contributed by atoms with E-state index >= 15 is 0 Å². The van der Waals surface area contributed by atoms with Gasteiger partial charge >= 0.3 is 10.4 Å². The van der Waals surface area contributed by atoms with E-state index < -0.39 is 10.4 Å². The second kappa shape index (κ2) is 5.66. The monoisotopic (exact) mass is 241 g/mol. The largest absolute Gasteiger partial charge is 0.412 e. The van der Waals surface area contributed by atoms with Crippen molar-refractivity contribution in [3.8, 4) is 0 Å². The molecule has 1 aromatic heterocycles. The normalized spacial score (nSPS) is 9.93. The van der Waals surface area contributed by atoms with E-state index in [-0.39, 0.29) is 5.48 Å². The van der Waals surface area contributed by atoms with E-state index in [2.05, 4.69) is 5.10 Å². The Morgan fingerprint density at radius 1 is 1.33 bits per heavy atom. The molecule has 1 heterocycles. The summed E-state index contributed by atoms with van der Waals surface area (Å²) in [6.07, 6.45) is 0. The summed E-state index contributed by atoms with van der Waals surface area (Å²) in [5.41, 5.74) is 8.37. The Morgan fingerprint density at radius 2 is 1.67 bits per heavy atom. The zero-order valence-electron chi connectivity index (χ0n) is 8.59. The van der Waals surface area contributed by atoms with E-state index in [1.807, 2.05) is 20.9 Å². The van der Waals surface area contributed by atoms with Gasteiger partial charge in [0.2, 0.25) is 0 Å². The van der Waals surface area contributed by atoms with Gasteiger partial charge in [-0.15, -0.1) is 0 Å². The van der Waals surface area contributed by atoms with Crippen LogP contribution in [-0.2, 0) is 17.4 Å². The summed E-state index contributed by atoms with van der Waals surface area (Å²) in [6, 6.07) is 0. The maximum Gasteiger partial charge on any atom is 0.394 e. The third-order valence-electron chi connectivity index (χ3n) is 1.56. The standard InChI is InChI=1S/C6H11N3.H2O4S.H2O/c1-4-6(7)5(2)9(3)8-4;1-5(2,3)4;/h7H2,1-3H3;(H2,1,2,3,4);1H2. The molecule has 6 N–H and O–H groups in total. The van der Waals surface area contributed by atoms with Crippen LogP contribution in [0.25, 0.3) is 0 Å². The molecule has 1 rings (SSSR count). The highest BCUT2D eigenvalue weighted by Gasteiger charge is 2.02. The van der Waals surface area contributed by atoms with Crippen molar-refractivity contribution >= 4 is 16.1 Å². The molecular formula is C6H15N3O5S. The predicted molar refractivity (Wildman–Crippen MR) is 54.9 cm³/mol. The summed E-state index contributed by atoms with van der Waals surface area (Å²) in [4.78, 5) is 0. The molecule has 0 spiro atoms. The number of aromatic nitrogens is 2. The van der Waals surface area contributed by atoms with E-state index in [1.54, 1.807) is 4.68 Å². The van der Waals surface area contributed by atoms with Gasteiger partial charge in [-0.3, -0.25) is 13.8 Å². The van der Waals surface area contributed by atoms with Crippen LogP contribution in [0.3, 0.4) is 0 Å².